The number of carbonyl (C=O) groups is 2. The fourth-order valence-electron chi connectivity index (χ4n) is 2.09. The van der Waals surface area contributed by atoms with E-state index in [4.69, 9.17) is 5.11 Å². The predicted molar refractivity (Wildman–Crippen MR) is 83.6 cm³/mol. The Morgan fingerprint density at radius 3 is 2.29 bits per heavy atom. The van der Waals surface area contributed by atoms with Crippen molar-refractivity contribution in [3.05, 3.63) is 29.8 Å². The summed E-state index contributed by atoms with van der Waals surface area (Å²) in [6.45, 7) is 6.17. The molecule has 0 bridgehead atoms. The summed E-state index contributed by atoms with van der Waals surface area (Å²) >= 11 is 0. The number of hydrogen-bond donors (Lipinski definition) is 3. The Kier molecular flexibility index (Phi) is 6.72. The Bertz CT molecular complexity index is 469. The molecule has 0 aliphatic rings. The molecule has 2 amide bonds. The van der Waals surface area contributed by atoms with Gasteiger partial charge in [-0.1, -0.05) is 39.3 Å². The molecule has 1 aromatic rings. The molecule has 21 heavy (non-hydrogen) atoms. The third-order valence-electron chi connectivity index (χ3n) is 3.23. The molecule has 116 valence electrons. The molecule has 0 aliphatic carbocycles. The quantitative estimate of drug-likeness (QED) is 0.718. The molecule has 0 aromatic heterocycles. The molecule has 0 fully saturated rings. The zero-order valence-corrected chi connectivity index (χ0v) is 12.8. The van der Waals surface area contributed by atoms with Crippen LogP contribution in [0.3, 0.4) is 0 Å². The lowest BCUT2D eigenvalue weighted by Gasteiger charge is -2.17. The topological polar surface area (TPSA) is 78.4 Å². The van der Waals surface area contributed by atoms with Crippen LogP contribution in [0.4, 0.5) is 10.5 Å². The Labute approximate surface area is 125 Å². The molecular formula is C16H24N2O3. The molecule has 5 heteroatoms. The van der Waals surface area contributed by atoms with Gasteiger partial charge in [0.15, 0.2) is 0 Å². The van der Waals surface area contributed by atoms with Gasteiger partial charge in [0.1, 0.15) is 0 Å². The summed E-state index contributed by atoms with van der Waals surface area (Å²) in [6, 6.07) is 6.93. The summed E-state index contributed by atoms with van der Waals surface area (Å²) in [5.41, 5.74) is 1.90. The second-order valence-electron chi connectivity index (χ2n) is 5.46. The first-order valence-electron chi connectivity index (χ1n) is 7.31. The summed E-state index contributed by atoms with van der Waals surface area (Å²) in [5.74, 6) is -0.465. The van der Waals surface area contributed by atoms with E-state index in [1.54, 1.807) is 0 Å². The predicted octanol–water partition coefficient (Wildman–Crippen LogP) is 3.57. The first kappa shape index (κ1) is 17.0. The summed E-state index contributed by atoms with van der Waals surface area (Å²) < 4.78 is 0. The lowest BCUT2D eigenvalue weighted by molar-refractivity contribution is -0.137. The van der Waals surface area contributed by atoms with Gasteiger partial charge in [-0.25, -0.2) is 4.79 Å². The van der Waals surface area contributed by atoms with Gasteiger partial charge in [0.05, 0.1) is 6.42 Å². The molecule has 0 aliphatic heterocycles. The zero-order chi connectivity index (χ0) is 15.8. The Hall–Kier alpha value is -2.04. The van der Waals surface area contributed by atoms with E-state index < -0.39 is 5.97 Å². The molecule has 0 saturated heterocycles. The van der Waals surface area contributed by atoms with E-state index in [0.29, 0.717) is 18.0 Å². The SMILES string of the molecule is CCCC(CC(=O)O)NC(=O)Nc1ccc(C(C)C)cc1. The molecule has 0 spiro atoms. The van der Waals surface area contributed by atoms with Crippen LogP contribution in [0.25, 0.3) is 0 Å². The summed E-state index contributed by atoms with van der Waals surface area (Å²) in [6.07, 6.45) is 1.40. The zero-order valence-electron chi connectivity index (χ0n) is 12.8. The van der Waals surface area contributed by atoms with Crippen molar-refractivity contribution in [2.24, 2.45) is 0 Å². The van der Waals surface area contributed by atoms with E-state index in [1.807, 2.05) is 31.2 Å². The molecule has 1 unspecified atom stereocenters. The standard InChI is InChI=1S/C16H24N2O3/c1-4-5-14(10-15(19)20)18-16(21)17-13-8-6-12(7-9-13)11(2)3/h6-9,11,14H,4-5,10H2,1-3H3,(H,19,20)(H2,17,18,21). The van der Waals surface area contributed by atoms with Crippen molar-refractivity contribution >= 4 is 17.7 Å². The van der Waals surface area contributed by atoms with E-state index >= 15 is 0 Å². The van der Waals surface area contributed by atoms with Crippen LogP contribution in [0, 0.1) is 0 Å². The number of rotatable bonds is 7. The van der Waals surface area contributed by atoms with Crippen LogP contribution in [-0.4, -0.2) is 23.1 Å². The van der Waals surface area contributed by atoms with Crippen LogP contribution in [-0.2, 0) is 4.79 Å². The highest BCUT2D eigenvalue weighted by Crippen LogP contribution is 2.17. The van der Waals surface area contributed by atoms with Crippen LogP contribution in [0.15, 0.2) is 24.3 Å². The van der Waals surface area contributed by atoms with E-state index in [-0.39, 0.29) is 18.5 Å². The number of hydrogen-bond acceptors (Lipinski definition) is 2. The van der Waals surface area contributed by atoms with Gasteiger partial charge >= 0.3 is 12.0 Å². The van der Waals surface area contributed by atoms with Gasteiger partial charge < -0.3 is 15.7 Å². The van der Waals surface area contributed by atoms with Crippen LogP contribution in [0.2, 0.25) is 0 Å². The molecule has 0 radical (unpaired) electrons. The van der Waals surface area contributed by atoms with Crippen LogP contribution in [0.5, 0.6) is 0 Å². The normalized spacial score (nSPS) is 12.0. The second-order valence-corrected chi connectivity index (χ2v) is 5.46. The largest absolute Gasteiger partial charge is 0.481 e. The van der Waals surface area contributed by atoms with Gasteiger partial charge in [0.2, 0.25) is 0 Å². The third kappa shape index (κ3) is 6.29. The minimum Gasteiger partial charge on any atom is -0.481 e. The van der Waals surface area contributed by atoms with Crippen molar-refractivity contribution in [1.82, 2.24) is 5.32 Å². The lowest BCUT2D eigenvalue weighted by atomic mass is 10.0. The number of benzene rings is 1. The third-order valence-corrected chi connectivity index (χ3v) is 3.23. The molecule has 3 N–H and O–H groups in total. The number of anilines is 1. The van der Waals surface area contributed by atoms with Crippen molar-refractivity contribution in [2.75, 3.05) is 5.32 Å². The number of nitrogens with one attached hydrogen (secondary N) is 2. The molecule has 0 heterocycles. The van der Waals surface area contributed by atoms with E-state index in [1.165, 1.54) is 5.56 Å². The lowest BCUT2D eigenvalue weighted by Crippen LogP contribution is -2.39. The van der Waals surface area contributed by atoms with Crippen molar-refractivity contribution in [3.8, 4) is 0 Å². The fourth-order valence-corrected chi connectivity index (χ4v) is 2.09. The highest BCUT2D eigenvalue weighted by atomic mass is 16.4. The van der Waals surface area contributed by atoms with E-state index in [0.717, 1.165) is 6.42 Å². The summed E-state index contributed by atoms with van der Waals surface area (Å²) in [7, 11) is 0. The average molecular weight is 292 g/mol. The average Bonchev–Trinajstić information content (AvgIpc) is 2.38. The number of carbonyl (C=O) groups excluding carboxylic acids is 1. The molecule has 1 atom stereocenters. The fraction of sp³-hybridized carbons (Fsp3) is 0.500. The van der Waals surface area contributed by atoms with Gasteiger partial charge in [-0.3, -0.25) is 4.79 Å². The molecule has 0 saturated carbocycles. The number of urea groups is 1. The first-order valence-corrected chi connectivity index (χ1v) is 7.31. The summed E-state index contributed by atoms with van der Waals surface area (Å²) in [5, 5.41) is 14.3. The minimum atomic E-state index is -0.907. The smallest absolute Gasteiger partial charge is 0.319 e. The van der Waals surface area contributed by atoms with Gasteiger partial charge in [0, 0.05) is 11.7 Å². The first-order chi connectivity index (χ1) is 9.92. The van der Waals surface area contributed by atoms with Gasteiger partial charge in [-0.05, 0) is 30.0 Å². The number of amides is 2. The van der Waals surface area contributed by atoms with Crippen LogP contribution >= 0.6 is 0 Å². The minimum absolute atomic E-state index is 0.0620. The van der Waals surface area contributed by atoms with Crippen molar-refractivity contribution in [2.45, 2.75) is 52.0 Å². The van der Waals surface area contributed by atoms with Gasteiger partial charge in [0.25, 0.3) is 0 Å². The highest BCUT2D eigenvalue weighted by molar-refractivity contribution is 5.89. The molecule has 1 aromatic carbocycles. The number of carboxylic acids is 1. The van der Waals surface area contributed by atoms with Crippen LogP contribution < -0.4 is 10.6 Å². The van der Waals surface area contributed by atoms with Crippen LogP contribution in [0.1, 0.15) is 51.5 Å². The maximum atomic E-state index is 11.9. The molecule has 5 nitrogen and oxygen atoms in total. The van der Waals surface area contributed by atoms with Crippen molar-refractivity contribution in [3.63, 3.8) is 0 Å². The Morgan fingerprint density at radius 2 is 1.81 bits per heavy atom. The maximum absolute atomic E-state index is 11.9. The highest BCUT2D eigenvalue weighted by Gasteiger charge is 2.15. The van der Waals surface area contributed by atoms with E-state index in [9.17, 15) is 9.59 Å². The van der Waals surface area contributed by atoms with Gasteiger partial charge in [-0.2, -0.15) is 0 Å². The number of carboxylic acid groups (broad SMARTS) is 1. The summed E-state index contributed by atoms with van der Waals surface area (Å²) in [4.78, 5) is 22.6. The molecular weight excluding hydrogens is 268 g/mol. The Balaban J connectivity index is 2.56. The maximum Gasteiger partial charge on any atom is 0.319 e. The molecule has 1 rings (SSSR count). The van der Waals surface area contributed by atoms with Crippen molar-refractivity contribution in [1.29, 1.82) is 0 Å². The Morgan fingerprint density at radius 1 is 1.19 bits per heavy atom. The number of aliphatic carboxylic acids is 1. The van der Waals surface area contributed by atoms with Gasteiger partial charge in [-0.15, -0.1) is 0 Å². The second kappa shape index (κ2) is 8.29. The van der Waals surface area contributed by atoms with E-state index in [2.05, 4.69) is 24.5 Å². The van der Waals surface area contributed by atoms with Crippen molar-refractivity contribution < 1.29 is 14.7 Å². The monoisotopic (exact) mass is 292 g/mol.